The van der Waals surface area contributed by atoms with Gasteiger partial charge in [-0.15, -0.1) is 11.6 Å². The van der Waals surface area contributed by atoms with Crippen molar-refractivity contribution in [3.8, 4) is 5.75 Å². The Bertz CT molecular complexity index is 809. The highest BCUT2D eigenvalue weighted by Gasteiger charge is 2.55. The predicted octanol–water partition coefficient (Wildman–Crippen LogP) is 1.50. The highest BCUT2D eigenvalue weighted by atomic mass is 35.5. The summed E-state index contributed by atoms with van der Waals surface area (Å²) in [5.41, 5.74) is 0.829. The van der Waals surface area contributed by atoms with Crippen LogP contribution in [0.25, 0.3) is 0 Å². The lowest BCUT2D eigenvalue weighted by atomic mass is 9.97. The standard InChI is InChI=1S/C20H23ClO10/c1-10(22)27-15-16(28-11(2)23)18(29-12(3)24)20(31-17(15)19(25)26-4)30-14-7-5-13(9-21)6-8-14/h5-8,15-18,20H,9H2,1-4H3/t15-,16-,17-,18+,20+/m0/s1. The molecule has 0 radical (unpaired) electrons. The first-order chi connectivity index (χ1) is 14.7. The fourth-order valence-corrected chi connectivity index (χ4v) is 3.14. The molecule has 0 aromatic heterocycles. The molecule has 0 saturated carbocycles. The van der Waals surface area contributed by atoms with E-state index in [-0.39, 0.29) is 0 Å². The summed E-state index contributed by atoms with van der Waals surface area (Å²) in [6.45, 7) is 3.34. The number of hydrogen-bond acceptors (Lipinski definition) is 10. The Balaban J connectivity index is 2.46. The maximum absolute atomic E-state index is 12.3. The van der Waals surface area contributed by atoms with Crippen molar-refractivity contribution in [2.75, 3.05) is 7.11 Å². The zero-order valence-electron chi connectivity index (χ0n) is 17.4. The third-order valence-corrected chi connectivity index (χ3v) is 4.47. The van der Waals surface area contributed by atoms with Gasteiger partial charge in [0.15, 0.2) is 18.3 Å². The minimum Gasteiger partial charge on any atom is -0.467 e. The largest absolute Gasteiger partial charge is 0.467 e. The molecule has 1 heterocycles. The Hall–Kier alpha value is -2.85. The van der Waals surface area contributed by atoms with Crippen LogP contribution in [0.2, 0.25) is 0 Å². The summed E-state index contributed by atoms with van der Waals surface area (Å²) in [5.74, 6) is -2.61. The average molecular weight is 459 g/mol. The quantitative estimate of drug-likeness (QED) is 0.337. The third-order valence-electron chi connectivity index (χ3n) is 4.16. The van der Waals surface area contributed by atoms with Gasteiger partial charge in [-0.05, 0) is 17.7 Å². The van der Waals surface area contributed by atoms with Crippen LogP contribution in [0.1, 0.15) is 26.3 Å². The van der Waals surface area contributed by atoms with Gasteiger partial charge >= 0.3 is 23.9 Å². The molecule has 1 saturated heterocycles. The number of alkyl halides is 1. The molecule has 5 atom stereocenters. The number of ether oxygens (including phenoxy) is 6. The van der Waals surface area contributed by atoms with Gasteiger partial charge in [0.05, 0.1) is 7.11 Å². The maximum Gasteiger partial charge on any atom is 0.339 e. The molecule has 0 spiro atoms. The molecule has 0 aliphatic carbocycles. The van der Waals surface area contributed by atoms with Crippen molar-refractivity contribution >= 4 is 35.5 Å². The van der Waals surface area contributed by atoms with Crippen molar-refractivity contribution in [3.63, 3.8) is 0 Å². The Labute approximate surface area is 183 Å². The highest BCUT2D eigenvalue weighted by Crippen LogP contribution is 2.31. The Morgan fingerprint density at radius 1 is 0.871 bits per heavy atom. The Morgan fingerprint density at radius 2 is 1.39 bits per heavy atom. The highest BCUT2D eigenvalue weighted by molar-refractivity contribution is 6.17. The first kappa shape index (κ1) is 24.4. The van der Waals surface area contributed by atoms with E-state index in [1.807, 2.05) is 0 Å². The van der Waals surface area contributed by atoms with E-state index in [4.69, 9.17) is 40.0 Å². The van der Waals surface area contributed by atoms with E-state index >= 15 is 0 Å². The lowest BCUT2D eigenvalue weighted by molar-refractivity contribution is -0.282. The number of esters is 4. The SMILES string of the molecule is COC(=O)[C@H]1O[C@@H](Oc2ccc(CCl)cc2)[C@H](OC(C)=O)[C@@H](OC(C)=O)[C@@H]1OC(C)=O. The second kappa shape index (κ2) is 11.0. The van der Waals surface area contributed by atoms with E-state index in [9.17, 15) is 19.2 Å². The first-order valence-electron chi connectivity index (χ1n) is 9.22. The van der Waals surface area contributed by atoms with Crippen molar-refractivity contribution < 1.29 is 47.6 Å². The van der Waals surface area contributed by atoms with Gasteiger partial charge < -0.3 is 28.4 Å². The molecule has 11 heteroatoms. The van der Waals surface area contributed by atoms with Crippen molar-refractivity contribution in [2.45, 2.75) is 57.4 Å². The zero-order valence-corrected chi connectivity index (χ0v) is 18.1. The van der Waals surface area contributed by atoms with Gasteiger partial charge in [0.25, 0.3) is 0 Å². The van der Waals surface area contributed by atoms with Crippen LogP contribution in [0.15, 0.2) is 24.3 Å². The van der Waals surface area contributed by atoms with E-state index < -0.39 is 54.6 Å². The Morgan fingerprint density at radius 3 is 1.87 bits per heavy atom. The summed E-state index contributed by atoms with van der Waals surface area (Å²) in [6, 6.07) is 6.60. The van der Waals surface area contributed by atoms with Crippen LogP contribution in [0.5, 0.6) is 5.75 Å². The van der Waals surface area contributed by atoms with E-state index in [0.717, 1.165) is 33.4 Å². The van der Waals surface area contributed by atoms with E-state index in [0.29, 0.717) is 11.6 Å². The van der Waals surface area contributed by atoms with Crippen LogP contribution in [-0.4, -0.2) is 61.7 Å². The minimum absolute atomic E-state index is 0.291. The Kier molecular flexibility index (Phi) is 8.64. The summed E-state index contributed by atoms with van der Waals surface area (Å²) in [5, 5.41) is 0. The van der Waals surface area contributed by atoms with Crippen molar-refractivity contribution in [1.82, 2.24) is 0 Å². The number of methoxy groups -OCH3 is 1. The normalized spacial score (nSPS) is 25.1. The van der Waals surface area contributed by atoms with Gasteiger partial charge in [-0.25, -0.2) is 4.79 Å². The number of halogens is 1. The van der Waals surface area contributed by atoms with Crippen LogP contribution in [0.4, 0.5) is 0 Å². The van der Waals surface area contributed by atoms with Crippen LogP contribution >= 0.6 is 11.6 Å². The van der Waals surface area contributed by atoms with Crippen LogP contribution in [0, 0.1) is 0 Å². The summed E-state index contributed by atoms with van der Waals surface area (Å²) >= 11 is 5.78. The number of carbonyl (C=O) groups excluding carboxylic acids is 4. The lowest BCUT2D eigenvalue weighted by Gasteiger charge is -2.43. The molecule has 10 nitrogen and oxygen atoms in total. The van der Waals surface area contributed by atoms with E-state index in [1.54, 1.807) is 24.3 Å². The molecule has 170 valence electrons. The average Bonchev–Trinajstić information content (AvgIpc) is 2.71. The second-order valence-electron chi connectivity index (χ2n) is 6.57. The molecule has 0 bridgehead atoms. The fourth-order valence-electron chi connectivity index (χ4n) is 2.97. The monoisotopic (exact) mass is 458 g/mol. The predicted molar refractivity (Wildman–Crippen MR) is 104 cm³/mol. The summed E-state index contributed by atoms with van der Waals surface area (Å²) in [7, 11) is 1.11. The van der Waals surface area contributed by atoms with E-state index in [1.165, 1.54) is 0 Å². The number of hydrogen-bond donors (Lipinski definition) is 0. The molecule has 0 N–H and O–H groups in total. The van der Waals surface area contributed by atoms with Crippen LogP contribution in [-0.2, 0) is 48.7 Å². The van der Waals surface area contributed by atoms with E-state index in [2.05, 4.69) is 0 Å². The molecular weight excluding hydrogens is 436 g/mol. The molecule has 0 amide bonds. The van der Waals surface area contributed by atoms with Gasteiger partial charge in [0.2, 0.25) is 12.4 Å². The molecule has 31 heavy (non-hydrogen) atoms. The molecule has 1 aromatic rings. The molecule has 2 rings (SSSR count). The minimum atomic E-state index is -1.52. The molecule has 1 aliphatic rings. The fraction of sp³-hybridized carbons (Fsp3) is 0.500. The number of benzene rings is 1. The first-order valence-corrected chi connectivity index (χ1v) is 9.76. The molecular formula is C20H23ClO10. The smallest absolute Gasteiger partial charge is 0.339 e. The van der Waals surface area contributed by atoms with Crippen LogP contribution in [0.3, 0.4) is 0 Å². The molecule has 1 aromatic carbocycles. The van der Waals surface area contributed by atoms with Gasteiger partial charge in [-0.2, -0.15) is 0 Å². The lowest BCUT2D eigenvalue weighted by Crippen LogP contribution is -2.64. The molecule has 0 unspecified atom stereocenters. The van der Waals surface area contributed by atoms with Gasteiger partial charge in [0, 0.05) is 26.7 Å². The van der Waals surface area contributed by atoms with Gasteiger partial charge in [0.1, 0.15) is 5.75 Å². The number of carbonyl (C=O) groups is 4. The van der Waals surface area contributed by atoms with Gasteiger partial charge in [-0.3, -0.25) is 14.4 Å². The maximum atomic E-state index is 12.3. The molecule has 1 fully saturated rings. The summed E-state index contributed by atoms with van der Waals surface area (Å²) < 4.78 is 31.9. The van der Waals surface area contributed by atoms with Gasteiger partial charge in [-0.1, -0.05) is 12.1 Å². The summed E-state index contributed by atoms with van der Waals surface area (Å²) in [6.07, 6.45) is -7.13. The summed E-state index contributed by atoms with van der Waals surface area (Å²) in [4.78, 5) is 47.5. The second-order valence-corrected chi connectivity index (χ2v) is 6.83. The van der Waals surface area contributed by atoms with Crippen molar-refractivity contribution in [3.05, 3.63) is 29.8 Å². The topological polar surface area (TPSA) is 124 Å². The van der Waals surface area contributed by atoms with Crippen molar-refractivity contribution in [1.29, 1.82) is 0 Å². The van der Waals surface area contributed by atoms with Crippen LogP contribution < -0.4 is 4.74 Å². The third kappa shape index (κ3) is 6.56. The zero-order chi connectivity index (χ0) is 23.1. The van der Waals surface area contributed by atoms with Crippen molar-refractivity contribution in [2.24, 2.45) is 0 Å². The number of rotatable bonds is 7. The molecule has 1 aliphatic heterocycles.